The second-order valence-corrected chi connectivity index (χ2v) is 6.89. The number of nitrogens with zero attached hydrogens (tertiary/aromatic N) is 3. The number of hydrogen-bond donors (Lipinski definition) is 2. The highest BCUT2D eigenvalue weighted by atomic mass is 16.5. The van der Waals surface area contributed by atoms with Gasteiger partial charge < -0.3 is 20.3 Å². The summed E-state index contributed by atoms with van der Waals surface area (Å²) in [4.78, 5) is 33.2. The summed E-state index contributed by atoms with van der Waals surface area (Å²) in [6.07, 6.45) is 3.30. The van der Waals surface area contributed by atoms with Gasteiger partial charge in [-0.15, -0.1) is 6.58 Å². The molecule has 0 saturated carbocycles. The monoisotopic (exact) mass is 409 g/mol. The van der Waals surface area contributed by atoms with E-state index in [2.05, 4.69) is 22.2 Å². The van der Waals surface area contributed by atoms with Crippen molar-refractivity contribution in [2.24, 2.45) is 0 Å². The van der Waals surface area contributed by atoms with Gasteiger partial charge in [-0.2, -0.15) is 0 Å². The van der Waals surface area contributed by atoms with Gasteiger partial charge in [-0.05, 0) is 24.3 Å². The first kappa shape index (κ1) is 21.3. The van der Waals surface area contributed by atoms with E-state index in [1.165, 1.54) is 0 Å². The zero-order valence-electron chi connectivity index (χ0n) is 17.1. The molecule has 2 aromatic rings. The van der Waals surface area contributed by atoms with E-state index in [-0.39, 0.29) is 11.8 Å². The Balaban J connectivity index is 1.64. The lowest BCUT2D eigenvalue weighted by Crippen LogP contribution is -2.51. The summed E-state index contributed by atoms with van der Waals surface area (Å²) in [6, 6.07) is 11.0. The predicted octanol–water partition coefficient (Wildman–Crippen LogP) is 1.89. The highest BCUT2D eigenvalue weighted by Crippen LogP contribution is 2.28. The van der Waals surface area contributed by atoms with Gasteiger partial charge in [0.05, 0.1) is 24.9 Å². The second kappa shape index (κ2) is 10.4. The van der Waals surface area contributed by atoms with Crippen LogP contribution in [0.15, 0.2) is 55.3 Å². The number of ether oxygens (including phenoxy) is 1. The highest BCUT2D eigenvalue weighted by molar-refractivity contribution is 5.99. The SMILES string of the molecule is C=CCNC(=O)CN1CCN(C(=O)c2cccnc2Nc2ccccc2OC)CC1. The van der Waals surface area contributed by atoms with Crippen LogP contribution in [-0.2, 0) is 4.79 Å². The first-order valence-electron chi connectivity index (χ1n) is 9.86. The largest absolute Gasteiger partial charge is 0.495 e. The number of pyridine rings is 1. The first-order chi connectivity index (χ1) is 14.6. The maximum atomic E-state index is 13.1. The van der Waals surface area contributed by atoms with Crippen LogP contribution in [0.4, 0.5) is 11.5 Å². The Morgan fingerprint density at radius 3 is 2.67 bits per heavy atom. The Labute approximate surface area is 176 Å². The first-order valence-corrected chi connectivity index (χ1v) is 9.86. The summed E-state index contributed by atoms with van der Waals surface area (Å²) in [5, 5.41) is 5.98. The van der Waals surface area contributed by atoms with Crippen LogP contribution in [0.3, 0.4) is 0 Å². The van der Waals surface area contributed by atoms with Crippen LogP contribution in [0, 0.1) is 0 Å². The third-order valence-electron chi connectivity index (χ3n) is 4.87. The Morgan fingerprint density at radius 1 is 1.17 bits per heavy atom. The van der Waals surface area contributed by atoms with Crippen molar-refractivity contribution < 1.29 is 14.3 Å². The molecule has 1 fully saturated rings. The van der Waals surface area contributed by atoms with Gasteiger partial charge >= 0.3 is 0 Å². The summed E-state index contributed by atoms with van der Waals surface area (Å²) in [5.41, 5.74) is 1.24. The van der Waals surface area contributed by atoms with Crippen molar-refractivity contribution in [3.63, 3.8) is 0 Å². The fraction of sp³-hybridized carbons (Fsp3) is 0.318. The molecule has 2 N–H and O–H groups in total. The highest BCUT2D eigenvalue weighted by Gasteiger charge is 2.25. The van der Waals surface area contributed by atoms with E-state index in [9.17, 15) is 9.59 Å². The number of para-hydroxylation sites is 2. The molecular formula is C22H27N5O3. The van der Waals surface area contributed by atoms with E-state index in [0.29, 0.717) is 56.4 Å². The number of amides is 2. The average Bonchev–Trinajstić information content (AvgIpc) is 2.78. The van der Waals surface area contributed by atoms with E-state index in [1.807, 2.05) is 29.2 Å². The van der Waals surface area contributed by atoms with Gasteiger partial charge in [0.2, 0.25) is 5.91 Å². The molecule has 1 aromatic heterocycles. The van der Waals surface area contributed by atoms with Crippen LogP contribution >= 0.6 is 0 Å². The van der Waals surface area contributed by atoms with E-state index in [0.717, 1.165) is 5.69 Å². The normalized spacial score (nSPS) is 14.1. The van der Waals surface area contributed by atoms with Gasteiger partial charge in [0.25, 0.3) is 5.91 Å². The molecule has 2 amide bonds. The molecular weight excluding hydrogens is 382 g/mol. The van der Waals surface area contributed by atoms with E-state index >= 15 is 0 Å². The summed E-state index contributed by atoms with van der Waals surface area (Å²) in [5.74, 6) is 1.03. The lowest BCUT2D eigenvalue weighted by Gasteiger charge is -2.34. The van der Waals surface area contributed by atoms with Crippen LogP contribution in [-0.4, -0.2) is 73.0 Å². The van der Waals surface area contributed by atoms with E-state index in [4.69, 9.17) is 4.74 Å². The van der Waals surface area contributed by atoms with Crippen LogP contribution in [0.25, 0.3) is 0 Å². The zero-order chi connectivity index (χ0) is 21.3. The molecule has 0 radical (unpaired) electrons. The quantitative estimate of drug-likeness (QED) is 0.648. The van der Waals surface area contributed by atoms with Crippen molar-refractivity contribution >= 4 is 23.3 Å². The minimum Gasteiger partial charge on any atom is -0.495 e. The Hall–Kier alpha value is -3.39. The molecule has 158 valence electrons. The third kappa shape index (κ3) is 5.36. The summed E-state index contributed by atoms with van der Waals surface area (Å²) < 4.78 is 5.37. The third-order valence-corrected chi connectivity index (χ3v) is 4.87. The lowest BCUT2D eigenvalue weighted by atomic mass is 10.2. The minimum absolute atomic E-state index is 0.0368. The van der Waals surface area contributed by atoms with Crippen LogP contribution in [0.5, 0.6) is 5.75 Å². The molecule has 30 heavy (non-hydrogen) atoms. The average molecular weight is 409 g/mol. The molecule has 8 heteroatoms. The minimum atomic E-state index is -0.0868. The van der Waals surface area contributed by atoms with Crippen molar-refractivity contribution in [3.05, 3.63) is 60.8 Å². The van der Waals surface area contributed by atoms with E-state index in [1.54, 1.807) is 36.4 Å². The van der Waals surface area contributed by atoms with Crippen molar-refractivity contribution in [1.29, 1.82) is 0 Å². The number of carbonyl (C=O) groups excluding carboxylic acids is 2. The van der Waals surface area contributed by atoms with Gasteiger partial charge in [0, 0.05) is 38.9 Å². The van der Waals surface area contributed by atoms with Crippen LogP contribution < -0.4 is 15.4 Å². The number of aromatic nitrogens is 1. The number of benzene rings is 1. The van der Waals surface area contributed by atoms with Crippen molar-refractivity contribution in [2.45, 2.75) is 0 Å². The molecule has 8 nitrogen and oxygen atoms in total. The molecule has 1 aromatic carbocycles. The van der Waals surface area contributed by atoms with Gasteiger partial charge in [0.15, 0.2) is 0 Å². The number of methoxy groups -OCH3 is 1. The molecule has 2 heterocycles. The smallest absolute Gasteiger partial charge is 0.257 e. The topological polar surface area (TPSA) is 86.8 Å². The summed E-state index contributed by atoms with van der Waals surface area (Å²) in [6.45, 7) is 6.76. The number of nitrogens with one attached hydrogen (secondary N) is 2. The molecule has 0 atom stereocenters. The van der Waals surface area contributed by atoms with Crippen molar-refractivity contribution in [1.82, 2.24) is 20.1 Å². The van der Waals surface area contributed by atoms with Crippen molar-refractivity contribution in [3.8, 4) is 5.75 Å². The van der Waals surface area contributed by atoms with Gasteiger partial charge in [-0.1, -0.05) is 18.2 Å². The summed E-state index contributed by atoms with van der Waals surface area (Å²) in [7, 11) is 1.60. The predicted molar refractivity (Wildman–Crippen MR) is 116 cm³/mol. The maximum absolute atomic E-state index is 13.1. The van der Waals surface area contributed by atoms with E-state index < -0.39 is 0 Å². The Morgan fingerprint density at radius 2 is 1.93 bits per heavy atom. The molecule has 0 unspecified atom stereocenters. The maximum Gasteiger partial charge on any atom is 0.257 e. The molecule has 0 bridgehead atoms. The standard InChI is InChI=1S/C22H27N5O3/c1-3-10-23-20(28)16-26-12-14-27(15-13-26)22(29)17-7-6-11-24-21(17)25-18-8-4-5-9-19(18)30-2/h3-9,11H,1,10,12-16H2,2H3,(H,23,28)(H,24,25). The second-order valence-electron chi connectivity index (χ2n) is 6.89. The fourth-order valence-corrected chi connectivity index (χ4v) is 3.28. The molecule has 1 aliphatic rings. The number of anilines is 2. The fourth-order valence-electron chi connectivity index (χ4n) is 3.28. The molecule has 0 aliphatic carbocycles. The molecule has 1 aliphatic heterocycles. The van der Waals surface area contributed by atoms with Gasteiger partial charge in [-0.3, -0.25) is 14.5 Å². The number of piperazine rings is 1. The Bertz CT molecular complexity index is 894. The van der Waals surface area contributed by atoms with Gasteiger partial charge in [0.1, 0.15) is 11.6 Å². The summed E-state index contributed by atoms with van der Waals surface area (Å²) >= 11 is 0. The zero-order valence-corrected chi connectivity index (χ0v) is 17.1. The number of hydrogen-bond acceptors (Lipinski definition) is 6. The van der Waals surface area contributed by atoms with Gasteiger partial charge in [-0.25, -0.2) is 4.98 Å². The van der Waals surface area contributed by atoms with Crippen molar-refractivity contribution in [2.75, 3.05) is 51.7 Å². The Kier molecular flexibility index (Phi) is 7.40. The van der Waals surface area contributed by atoms with Crippen LogP contribution in [0.2, 0.25) is 0 Å². The number of carbonyl (C=O) groups is 2. The lowest BCUT2D eigenvalue weighted by molar-refractivity contribution is -0.122. The molecule has 3 rings (SSSR count). The molecule has 0 spiro atoms. The van der Waals surface area contributed by atoms with Crippen LogP contribution in [0.1, 0.15) is 10.4 Å². The number of rotatable bonds is 8. The molecule has 1 saturated heterocycles.